The fourth-order valence-corrected chi connectivity index (χ4v) is 5.04. The number of thioether (sulfide) groups is 1. The summed E-state index contributed by atoms with van der Waals surface area (Å²) in [6, 6.07) is 10.1. The number of anilines is 2. The van der Waals surface area contributed by atoms with E-state index in [1.54, 1.807) is 23.1 Å². The van der Waals surface area contributed by atoms with Crippen molar-refractivity contribution in [2.75, 3.05) is 17.7 Å². The van der Waals surface area contributed by atoms with Gasteiger partial charge in [-0.2, -0.15) is 5.26 Å². The summed E-state index contributed by atoms with van der Waals surface area (Å²) in [6.07, 6.45) is 9.02. The van der Waals surface area contributed by atoms with E-state index in [0.29, 0.717) is 5.56 Å². The van der Waals surface area contributed by atoms with Gasteiger partial charge >= 0.3 is 0 Å². The van der Waals surface area contributed by atoms with E-state index in [0.717, 1.165) is 28.3 Å². The lowest BCUT2D eigenvalue weighted by Crippen LogP contribution is -2.26. The molecule has 0 atom stereocenters. The quantitative estimate of drug-likeness (QED) is 0.570. The van der Waals surface area contributed by atoms with Crippen LogP contribution in [0.4, 0.5) is 10.8 Å². The number of carbonyl (C=O) groups excluding carboxylic acids is 1. The molecule has 0 saturated heterocycles. The van der Waals surface area contributed by atoms with E-state index in [1.807, 2.05) is 12.1 Å². The lowest BCUT2D eigenvalue weighted by atomic mass is 9.89. The van der Waals surface area contributed by atoms with E-state index in [4.69, 9.17) is 15.0 Å². The molecule has 3 rings (SSSR count). The van der Waals surface area contributed by atoms with Crippen molar-refractivity contribution in [1.29, 1.82) is 5.26 Å². The highest BCUT2D eigenvalue weighted by Crippen LogP contribution is 2.37. The Morgan fingerprint density at radius 3 is 2.48 bits per heavy atom. The van der Waals surface area contributed by atoms with Gasteiger partial charge < -0.3 is 10.6 Å². The number of thiazole rings is 1. The number of rotatable bonds is 5. The fraction of sp³-hybridized carbons (Fsp3) is 0.450. The zero-order valence-electron chi connectivity index (χ0n) is 15.9. The van der Waals surface area contributed by atoms with Gasteiger partial charge in [0.15, 0.2) is 5.13 Å². The Morgan fingerprint density at radius 2 is 1.96 bits per heavy atom. The molecular formula is C20H26N4OS2. The Balaban J connectivity index is 0.000000817. The number of benzene rings is 1. The van der Waals surface area contributed by atoms with Gasteiger partial charge in [0.1, 0.15) is 5.03 Å². The van der Waals surface area contributed by atoms with Crippen LogP contribution in [0.5, 0.6) is 0 Å². The summed E-state index contributed by atoms with van der Waals surface area (Å²) in [4.78, 5) is 17.1. The zero-order valence-corrected chi connectivity index (χ0v) is 17.5. The molecular weight excluding hydrogens is 376 g/mol. The Kier molecular flexibility index (Phi) is 8.62. The van der Waals surface area contributed by atoms with E-state index < -0.39 is 0 Å². The van der Waals surface area contributed by atoms with Crippen molar-refractivity contribution in [3.05, 3.63) is 34.7 Å². The van der Waals surface area contributed by atoms with Crippen LogP contribution in [0.2, 0.25) is 0 Å². The molecule has 7 heteroatoms. The molecule has 5 nitrogen and oxygen atoms in total. The predicted octanol–water partition coefficient (Wildman–Crippen LogP) is 4.87. The summed E-state index contributed by atoms with van der Waals surface area (Å²) in [6.45, 7) is 3.16. The highest BCUT2D eigenvalue weighted by atomic mass is 32.2. The molecule has 2 N–H and O–H groups in total. The van der Waals surface area contributed by atoms with Crippen LogP contribution in [-0.2, 0) is 4.79 Å². The van der Waals surface area contributed by atoms with Crippen LogP contribution in [0.25, 0.3) is 0 Å². The van der Waals surface area contributed by atoms with Gasteiger partial charge in [-0.1, -0.05) is 19.3 Å². The molecule has 1 aliphatic carbocycles. The number of nitrogens with zero attached hydrogens (tertiary/aromatic N) is 3. The Hall–Kier alpha value is -2.04. The number of nitrogens with two attached hydrogens (primary N) is 1. The van der Waals surface area contributed by atoms with Crippen molar-refractivity contribution in [2.24, 2.45) is 11.7 Å². The normalized spacial score (nSPS) is 14.0. The SMILES string of the molecule is CSc1nc(N(CC2CCCCC2)c2ccc(C#N)cc2)sc1C.NC=O. The van der Waals surface area contributed by atoms with E-state index in [1.165, 1.54) is 37.0 Å². The van der Waals surface area contributed by atoms with Crippen molar-refractivity contribution in [3.63, 3.8) is 0 Å². The van der Waals surface area contributed by atoms with Gasteiger partial charge in [0.25, 0.3) is 0 Å². The summed E-state index contributed by atoms with van der Waals surface area (Å²) in [5, 5.41) is 11.2. The van der Waals surface area contributed by atoms with Crippen molar-refractivity contribution in [1.82, 2.24) is 4.98 Å². The number of aromatic nitrogens is 1. The Labute approximate surface area is 169 Å². The van der Waals surface area contributed by atoms with Gasteiger partial charge in [0, 0.05) is 17.1 Å². The first-order chi connectivity index (χ1) is 13.1. The standard InChI is InChI=1S/C19H23N3S2.CH3NO/c1-14-18(23-2)21-19(24-14)22(13-16-6-4-3-5-7-16)17-10-8-15(12-20)9-11-17;2-1-3/h8-11,16H,3-7,13H2,1-2H3;1H,(H2,2,3). The third-order valence-corrected chi connectivity index (χ3v) is 6.55. The number of nitriles is 1. The fourth-order valence-electron chi connectivity index (χ4n) is 3.31. The molecule has 0 radical (unpaired) electrons. The van der Waals surface area contributed by atoms with Crippen molar-refractivity contribution >= 4 is 40.3 Å². The molecule has 0 bridgehead atoms. The van der Waals surface area contributed by atoms with Crippen LogP contribution in [0.3, 0.4) is 0 Å². The van der Waals surface area contributed by atoms with Gasteiger partial charge in [0.2, 0.25) is 6.41 Å². The summed E-state index contributed by atoms with van der Waals surface area (Å²) in [5.74, 6) is 0.733. The zero-order chi connectivity index (χ0) is 19.6. The van der Waals surface area contributed by atoms with E-state index in [2.05, 4.69) is 42.0 Å². The van der Waals surface area contributed by atoms with Crippen LogP contribution in [0.15, 0.2) is 29.3 Å². The summed E-state index contributed by atoms with van der Waals surface area (Å²) in [5.41, 5.74) is 6.01. The topological polar surface area (TPSA) is 83.0 Å². The van der Waals surface area contributed by atoms with Crippen molar-refractivity contribution < 1.29 is 4.79 Å². The molecule has 2 aromatic rings. The monoisotopic (exact) mass is 402 g/mol. The summed E-state index contributed by atoms with van der Waals surface area (Å²) < 4.78 is 0. The number of hydrogen-bond acceptors (Lipinski definition) is 6. The first-order valence-electron chi connectivity index (χ1n) is 9.07. The van der Waals surface area contributed by atoms with Crippen molar-refractivity contribution in [2.45, 2.75) is 44.1 Å². The number of hydrogen-bond donors (Lipinski definition) is 1. The highest BCUT2D eigenvalue weighted by Gasteiger charge is 2.22. The van der Waals surface area contributed by atoms with Crippen LogP contribution in [-0.4, -0.2) is 24.2 Å². The molecule has 1 aromatic heterocycles. The minimum absolute atomic E-state index is 0.250. The third-order valence-electron chi connectivity index (χ3n) is 4.64. The Morgan fingerprint density at radius 1 is 1.33 bits per heavy atom. The number of carbonyl (C=O) groups is 1. The van der Waals surface area contributed by atoms with Crippen LogP contribution < -0.4 is 10.6 Å². The maximum Gasteiger partial charge on any atom is 0.204 e. The second-order valence-electron chi connectivity index (χ2n) is 6.47. The van der Waals surface area contributed by atoms with Gasteiger partial charge in [-0.3, -0.25) is 4.79 Å². The molecule has 1 amide bonds. The minimum atomic E-state index is 0.250. The second-order valence-corrected chi connectivity index (χ2v) is 8.45. The van der Waals surface area contributed by atoms with Gasteiger partial charge in [0.05, 0.1) is 11.6 Å². The van der Waals surface area contributed by atoms with E-state index in [-0.39, 0.29) is 6.41 Å². The third kappa shape index (κ3) is 5.98. The summed E-state index contributed by atoms with van der Waals surface area (Å²) in [7, 11) is 0. The average molecular weight is 403 g/mol. The smallest absolute Gasteiger partial charge is 0.204 e. The summed E-state index contributed by atoms with van der Waals surface area (Å²) >= 11 is 3.48. The number of primary amides is 1. The largest absolute Gasteiger partial charge is 0.372 e. The lowest BCUT2D eigenvalue weighted by Gasteiger charge is -2.29. The van der Waals surface area contributed by atoms with Crippen molar-refractivity contribution in [3.8, 4) is 6.07 Å². The first kappa shape index (κ1) is 21.3. The molecule has 0 unspecified atom stereocenters. The molecule has 1 saturated carbocycles. The maximum atomic E-state index is 9.04. The molecule has 1 heterocycles. The average Bonchev–Trinajstić information content (AvgIpc) is 3.08. The van der Waals surface area contributed by atoms with Gasteiger partial charge in [-0.15, -0.1) is 23.1 Å². The van der Waals surface area contributed by atoms with Crippen LogP contribution in [0, 0.1) is 24.2 Å². The minimum Gasteiger partial charge on any atom is -0.372 e. The van der Waals surface area contributed by atoms with E-state index in [9.17, 15) is 0 Å². The van der Waals surface area contributed by atoms with Crippen LogP contribution >= 0.6 is 23.1 Å². The second kappa shape index (κ2) is 11.0. The van der Waals surface area contributed by atoms with E-state index >= 15 is 0 Å². The number of aryl methyl sites for hydroxylation is 1. The van der Waals surface area contributed by atoms with Gasteiger partial charge in [-0.05, 0) is 56.2 Å². The highest BCUT2D eigenvalue weighted by molar-refractivity contribution is 7.98. The van der Waals surface area contributed by atoms with Crippen LogP contribution in [0.1, 0.15) is 42.5 Å². The predicted molar refractivity (Wildman–Crippen MR) is 114 cm³/mol. The molecule has 0 aliphatic heterocycles. The molecule has 1 fully saturated rings. The molecule has 144 valence electrons. The molecule has 1 aliphatic rings. The maximum absolute atomic E-state index is 9.04. The molecule has 0 spiro atoms. The lowest BCUT2D eigenvalue weighted by molar-refractivity contribution is -0.106. The number of amides is 1. The Bertz CT molecular complexity index is 761. The molecule has 27 heavy (non-hydrogen) atoms. The first-order valence-corrected chi connectivity index (χ1v) is 11.1. The van der Waals surface area contributed by atoms with Gasteiger partial charge in [-0.25, -0.2) is 4.98 Å². The molecule has 1 aromatic carbocycles.